The summed E-state index contributed by atoms with van der Waals surface area (Å²) in [6.07, 6.45) is 2.10. The highest BCUT2D eigenvalue weighted by Crippen LogP contribution is 2.23. The van der Waals surface area contributed by atoms with Gasteiger partial charge in [-0.25, -0.2) is 4.79 Å². The molecule has 2 rings (SSSR count). The van der Waals surface area contributed by atoms with E-state index >= 15 is 0 Å². The molecule has 0 bridgehead atoms. The highest BCUT2D eigenvalue weighted by Gasteiger charge is 2.34. The summed E-state index contributed by atoms with van der Waals surface area (Å²) in [7, 11) is 0. The van der Waals surface area contributed by atoms with Gasteiger partial charge < -0.3 is 15.1 Å². The van der Waals surface area contributed by atoms with Crippen LogP contribution in [-0.4, -0.2) is 43.2 Å². The van der Waals surface area contributed by atoms with Crippen molar-refractivity contribution in [3.63, 3.8) is 0 Å². The van der Waals surface area contributed by atoms with E-state index in [0.717, 1.165) is 39.0 Å². The number of carbonyl (C=O) groups is 1. The van der Waals surface area contributed by atoms with E-state index < -0.39 is 0 Å². The minimum absolute atomic E-state index is 0.0765. The molecule has 0 spiro atoms. The third-order valence-electron chi connectivity index (χ3n) is 3.67. The van der Waals surface area contributed by atoms with Crippen molar-refractivity contribution in [2.75, 3.05) is 31.1 Å². The Labute approximate surface area is 121 Å². The molecule has 20 heavy (non-hydrogen) atoms. The molecule has 0 atom stereocenters. The number of hydrogen-bond acceptors (Lipinski definition) is 2. The number of benzene rings is 1. The molecule has 0 unspecified atom stereocenters. The van der Waals surface area contributed by atoms with Gasteiger partial charge in [0.1, 0.15) is 0 Å². The fraction of sp³-hybridized carbons (Fsp3) is 0.562. The molecule has 1 heterocycles. The van der Waals surface area contributed by atoms with Gasteiger partial charge in [0, 0.05) is 31.9 Å². The fourth-order valence-electron chi connectivity index (χ4n) is 2.54. The van der Waals surface area contributed by atoms with E-state index in [9.17, 15) is 4.79 Å². The molecular weight excluding hydrogens is 250 g/mol. The Hall–Kier alpha value is -1.71. The number of anilines is 1. The Balaban J connectivity index is 1.89. The summed E-state index contributed by atoms with van der Waals surface area (Å²) >= 11 is 0. The van der Waals surface area contributed by atoms with Crippen molar-refractivity contribution in [2.24, 2.45) is 0 Å². The van der Waals surface area contributed by atoms with E-state index in [-0.39, 0.29) is 6.03 Å². The first kappa shape index (κ1) is 14.7. The maximum atomic E-state index is 11.8. The van der Waals surface area contributed by atoms with Crippen LogP contribution < -0.4 is 10.2 Å². The summed E-state index contributed by atoms with van der Waals surface area (Å²) in [4.78, 5) is 16.2. The van der Waals surface area contributed by atoms with Crippen molar-refractivity contribution in [2.45, 2.75) is 32.7 Å². The molecule has 1 aromatic rings. The van der Waals surface area contributed by atoms with E-state index in [1.54, 1.807) is 0 Å². The van der Waals surface area contributed by atoms with Crippen LogP contribution >= 0.6 is 0 Å². The average molecular weight is 275 g/mol. The van der Waals surface area contributed by atoms with Crippen LogP contribution in [0.5, 0.6) is 0 Å². The summed E-state index contributed by atoms with van der Waals surface area (Å²) in [5.41, 5.74) is 1.26. The minimum Gasteiger partial charge on any atom is -0.365 e. The zero-order valence-corrected chi connectivity index (χ0v) is 12.5. The minimum atomic E-state index is 0.0765. The number of urea groups is 1. The molecule has 1 N–H and O–H groups in total. The summed E-state index contributed by atoms with van der Waals surface area (Å²) in [5.74, 6) is 0. The number of hydrogen-bond donors (Lipinski definition) is 1. The molecule has 0 aliphatic carbocycles. The highest BCUT2D eigenvalue weighted by molar-refractivity contribution is 5.75. The Kier molecular flexibility index (Phi) is 5.27. The SMILES string of the molecule is CCCNC(=O)N1CC(N(CCC)c2ccccc2)C1. The Bertz CT molecular complexity index is 415. The standard InChI is InChI=1S/C16H25N3O/c1-3-10-17-16(20)18-12-15(13-18)19(11-4-2)14-8-6-5-7-9-14/h5-9,15H,3-4,10-13H2,1-2H3,(H,17,20). The number of rotatable bonds is 6. The number of nitrogens with one attached hydrogen (secondary N) is 1. The van der Waals surface area contributed by atoms with Crippen LogP contribution in [0.2, 0.25) is 0 Å². The van der Waals surface area contributed by atoms with Gasteiger partial charge in [0.25, 0.3) is 0 Å². The van der Waals surface area contributed by atoms with Crippen LogP contribution in [0, 0.1) is 0 Å². The Morgan fingerprint density at radius 2 is 1.95 bits per heavy atom. The molecule has 4 heteroatoms. The molecule has 0 aromatic heterocycles. The zero-order valence-electron chi connectivity index (χ0n) is 12.5. The molecule has 1 saturated heterocycles. The summed E-state index contributed by atoms with van der Waals surface area (Å²) < 4.78 is 0. The van der Waals surface area contributed by atoms with E-state index in [1.165, 1.54) is 5.69 Å². The fourth-order valence-corrected chi connectivity index (χ4v) is 2.54. The van der Waals surface area contributed by atoms with Gasteiger partial charge in [0.2, 0.25) is 0 Å². The monoisotopic (exact) mass is 275 g/mol. The van der Waals surface area contributed by atoms with Gasteiger partial charge >= 0.3 is 6.03 Å². The third-order valence-corrected chi connectivity index (χ3v) is 3.67. The maximum absolute atomic E-state index is 11.8. The van der Waals surface area contributed by atoms with Crippen LogP contribution in [0.1, 0.15) is 26.7 Å². The summed E-state index contributed by atoms with van der Waals surface area (Å²) in [6.45, 7) is 7.71. The van der Waals surface area contributed by atoms with Gasteiger partial charge in [-0.05, 0) is 25.0 Å². The van der Waals surface area contributed by atoms with E-state index in [4.69, 9.17) is 0 Å². The number of carbonyl (C=O) groups excluding carboxylic acids is 1. The summed E-state index contributed by atoms with van der Waals surface area (Å²) in [5, 5.41) is 2.93. The molecule has 4 nitrogen and oxygen atoms in total. The largest absolute Gasteiger partial charge is 0.365 e. The van der Waals surface area contributed by atoms with Gasteiger partial charge in [-0.1, -0.05) is 32.0 Å². The van der Waals surface area contributed by atoms with Crippen molar-refractivity contribution in [1.29, 1.82) is 0 Å². The van der Waals surface area contributed by atoms with Crippen LogP contribution in [-0.2, 0) is 0 Å². The number of likely N-dealkylation sites (tertiary alicyclic amines) is 1. The zero-order chi connectivity index (χ0) is 14.4. The van der Waals surface area contributed by atoms with Crippen LogP contribution in [0.25, 0.3) is 0 Å². The van der Waals surface area contributed by atoms with E-state index in [1.807, 2.05) is 11.0 Å². The lowest BCUT2D eigenvalue weighted by atomic mass is 10.1. The predicted molar refractivity (Wildman–Crippen MR) is 83.1 cm³/mol. The Morgan fingerprint density at radius 1 is 1.25 bits per heavy atom. The topological polar surface area (TPSA) is 35.6 Å². The second kappa shape index (κ2) is 7.17. The second-order valence-electron chi connectivity index (χ2n) is 5.32. The second-order valence-corrected chi connectivity index (χ2v) is 5.32. The van der Waals surface area contributed by atoms with Gasteiger partial charge in [0.15, 0.2) is 0 Å². The smallest absolute Gasteiger partial charge is 0.317 e. The van der Waals surface area contributed by atoms with E-state index in [2.05, 4.69) is 48.3 Å². The quantitative estimate of drug-likeness (QED) is 0.866. The molecule has 1 aromatic carbocycles. The van der Waals surface area contributed by atoms with Crippen LogP contribution in [0.4, 0.5) is 10.5 Å². The number of nitrogens with zero attached hydrogens (tertiary/aromatic N) is 2. The maximum Gasteiger partial charge on any atom is 0.317 e. The Morgan fingerprint density at radius 3 is 2.55 bits per heavy atom. The molecule has 110 valence electrons. The van der Waals surface area contributed by atoms with Gasteiger partial charge in [0.05, 0.1) is 6.04 Å². The molecule has 1 aliphatic rings. The molecular formula is C16H25N3O. The van der Waals surface area contributed by atoms with Crippen molar-refractivity contribution in [1.82, 2.24) is 10.2 Å². The molecule has 1 aliphatic heterocycles. The van der Waals surface area contributed by atoms with Crippen LogP contribution in [0.3, 0.4) is 0 Å². The molecule has 1 fully saturated rings. The van der Waals surface area contributed by atoms with Crippen molar-refractivity contribution < 1.29 is 4.79 Å². The van der Waals surface area contributed by atoms with E-state index in [0.29, 0.717) is 6.04 Å². The van der Waals surface area contributed by atoms with Gasteiger partial charge in [-0.15, -0.1) is 0 Å². The molecule has 0 saturated carbocycles. The lowest BCUT2D eigenvalue weighted by Crippen LogP contribution is -2.63. The van der Waals surface area contributed by atoms with Crippen molar-refractivity contribution in [3.05, 3.63) is 30.3 Å². The van der Waals surface area contributed by atoms with Gasteiger partial charge in [-0.3, -0.25) is 0 Å². The average Bonchev–Trinajstić information content (AvgIpc) is 2.43. The third kappa shape index (κ3) is 3.44. The van der Waals surface area contributed by atoms with Crippen molar-refractivity contribution >= 4 is 11.7 Å². The van der Waals surface area contributed by atoms with Crippen molar-refractivity contribution in [3.8, 4) is 0 Å². The molecule has 0 radical (unpaired) electrons. The summed E-state index contributed by atoms with van der Waals surface area (Å²) in [6, 6.07) is 11.0. The first-order chi connectivity index (χ1) is 9.76. The van der Waals surface area contributed by atoms with Crippen LogP contribution in [0.15, 0.2) is 30.3 Å². The highest BCUT2D eigenvalue weighted by atomic mass is 16.2. The lowest BCUT2D eigenvalue weighted by Gasteiger charge is -2.46. The lowest BCUT2D eigenvalue weighted by molar-refractivity contribution is 0.149. The predicted octanol–water partition coefficient (Wildman–Crippen LogP) is 2.71. The van der Waals surface area contributed by atoms with Gasteiger partial charge in [-0.2, -0.15) is 0 Å². The molecule has 2 amide bonds. The normalized spacial score (nSPS) is 14.8. The number of para-hydroxylation sites is 1. The number of amides is 2. The first-order valence-corrected chi connectivity index (χ1v) is 7.60. The first-order valence-electron chi connectivity index (χ1n) is 7.60.